The third-order valence-corrected chi connectivity index (χ3v) is 2.32. The quantitative estimate of drug-likeness (QED) is 0.442. The lowest BCUT2D eigenvalue weighted by Crippen LogP contribution is -2.20. The first-order valence-corrected chi connectivity index (χ1v) is 5.49. The Labute approximate surface area is 113 Å². The number of nitro benzene ring substituents is 2. The van der Waals surface area contributed by atoms with E-state index in [9.17, 15) is 25.0 Å². The number of ether oxygens (including phenoxy) is 2. The molecule has 0 fully saturated rings. The van der Waals surface area contributed by atoms with E-state index in [2.05, 4.69) is 0 Å². The number of non-ortho nitro benzene ring substituents is 1. The number of hydrogen-bond donors (Lipinski definition) is 0. The van der Waals surface area contributed by atoms with Gasteiger partial charge >= 0.3 is 5.97 Å². The molecule has 1 aromatic carbocycles. The number of nitro groups is 2. The number of nitrogens with zero attached hydrogens (tertiary/aromatic N) is 2. The van der Waals surface area contributed by atoms with Crippen LogP contribution in [0.2, 0.25) is 0 Å². The van der Waals surface area contributed by atoms with Crippen molar-refractivity contribution in [1.82, 2.24) is 0 Å². The van der Waals surface area contributed by atoms with E-state index in [1.54, 1.807) is 6.92 Å². The van der Waals surface area contributed by atoms with E-state index >= 15 is 0 Å². The highest BCUT2D eigenvalue weighted by atomic mass is 16.6. The first kappa shape index (κ1) is 15.5. The van der Waals surface area contributed by atoms with Gasteiger partial charge in [0.25, 0.3) is 11.4 Å². The number of benzene rings is 1. The number of methoxy groups -OCH3 is 1. The van der Waals surface area contributed by atoms with Crippen LogP contribution in [0.5, 0.6) is 0 Å². The molecule has 0 saturated carbocycles. The molecule has 0 N–H and O–H groups in total. The molecule has 0 saturated heterocycles. The van der Waals surface area contributed by atoms with Crippen LogP contribution >= 0.6 is 0 Å². The normalized spacial score (nSPS) is 11.7. The highest BCUT2D eigenvalue weighted by molar-refractivity contribution is 5.94. The Hall–Kier alpha value is -2.55. The summed E-state index contributed by atoms with van der Waals surface area (Å²) in [5.74, 6) is -0.934. The highest BCUT2D eigenvalue weighted by Gasteiger charge is 2.26. The summed E-state index contributed by atoms with van der Waals surface area (Å²) in [6, 6.07) is 2.72. The van der Waals surface area contributed by atoms with E-state index in [0.29, 0.717) is 0 Å². The van der Waals surface area contributed by atoms with Crippen LogP contribution in [0.1, 0.15) is 17.3 Å². The molecule has 1 rings (SSSR count). The molecule has 0 radical (unpaired) electrons. The Morgan fingerprint density at radius 3 is 2.45 bits per heavy atom. The Morgan fingerprint density at radius 2 is 1.95 bits per heavy atom. The fourth-order valence-electron chi connectivity index (χ4n) is 1.47. The predicted molar refractivity (Wildman–Crippen MR) is 66.5 cm³/mol. The summed E-state index contributed by atoms with van der Waals surface area (Å²) in [6.07, 6.45) is -0.595. The molecule has 1 unspecified atom stereocenters. The molecule has 0 aliphatic rings. The van der Waals surface area contributed by atoms with Crippen LogP contribution in [0.25, 0.3) is 0 Å². The van der Waals surface area contributed by atoms with Crippen molar-refractivity contribution >= 4 is 17.3 Å². The van der Waals surface area contributed by atoms with Gasteiger partial charge in [0.2, 0.25) is 0 Å². The molecule has 0 bridgehead atoms. The van der Waals surface area contributed by atoms with Crippen LogP contribution in [0, 0.1) is 20.2 Å². The maximum absolute atomic E-state index is 11.8. The second-order valence-corrected chi connectivity index (χ2v) is 3.89. The van der Waals surface area contributed by atoms with E-state index in [4.69, 9.17) is 9.47 Å². The van der Waals surface area contributed by atoms with Gasteiger partial charge in [-0.1, -0.05) is 0 Å². The molecule has 20 heavy (non-hydrogen) atoms. The summed E-state index contributed by atoms with van der Waals surface area (Å²) in [6.45, 7) is 1.69. The Bertz CT molecular complexity index is 544. The van der Waals surface area contributed by atoms with Gasteiger partial charge in [0, 0.05) is 13.2 Å². The summed E-state index contributed by atoms with van der Waals surface area (Å²) in [5, 5.41) is 21.4. The molecular weight excluding hydrogens is 272 g/mol. The summed E-state index contributed by atoms with van der Waals surface area (Å²) in [5.41, 5.74) is -1.49. The number of carbonyl (C=O) groups is 1. The largest absolute Gasteiger partial charge is 0.456 e. The van der Waals surface area contributed by atoms with Gasteiger partial charge in [-0.2, -0.15) is 0 Å². The van der Waals surface area contributed by atoms with Gasteiger partial charge < -0.3 is 9.47 Å². The molecule has 0 spiro atoms. The Morgan fingerprint density at radius 1 is 1.30 bits per heavy atom. The maximum atomic E-state index is 11.8. The molecule has 108 valence electrons. The van der Waals surface area contributed by atoms with E-state index in [1.165, 1.54) is 7.11 Å². The van der Waals surface area contributed by atoms with Crippen LogP contribution in [-0.2, 0) is 9.47 Å². The molecule has 1 atom stereocenters. The topological polar surface area (TPSA) is 122 Å². The maximum Gasteiger partial charge on any atom is 0.345 e. The lowest BCUT2D eigenvalue weighted by Gasteiger charge is -2.11. The summed E-state index contributed by atoms with van der Waals surface area (Å²) >= 11 is 0. The van der Waals surface area contributed by atoms with E-state index in [1.807, 2.05) is 0 Å². The molecule has 0 amide bonds. The van der Waals surface area contributed by atoms with Gasteiger partial charge in [-0.05, 0) is 13.0 Å². The van der Waals surface area contributed by atoms with Crippen LogP contribution in [0.15, 0.2) is 18.2 Å². The first-order valence-electron chi connectivity index (χ1n) is 5.49. The van der Waals surface area contributed by atoms with Crippen molar-refractivity contribution in [2.45, 2.75) is 13.0 Å². The van der Waals surface area contributed by atoms with Crippen molar-refractivity contribution in [3.05, 3.63) is 44.0 Å². The zero-order chi connectivity index (χ0) is 15.3. The van der Waals surface area contributed by atoms with Crippen LogP contribution < -0.4 is 0 Å². The van der Waals surface area contributed by atoms with Gasteiger partial charge in [-0.25, -0.2) is 4.79 Å². The molecule has 1 aromatic rings. The van der Waals surface area contributed by atoms with Crippen LogP contribution in [0.4, 0.5) is 11.4 Å². The zero-order valence-electron chi connectivity index (χ0n) is 10.8. The summed E-state index contributed by atoms with van der Waals surface area (Å²) < 4.78 is 9.70. The Balaban J connectivity index is 3.08. The number of rotatable bonds is 6. The average Bonchev–Trinajstić information content (AvgIpc) is 2.37. The Kier molecular flexibility index (Phi) is 5.09. The SMILES string of the molecule is COCC(C)OC(=O)c1ccc([N+](=O)[O-])cc1[N+](=O)[O-]. The smallest absolute Gasteiger partial charge is 0.345 e. The van der Waals surface area contributed by atoms with Crippen molar-refractivity contribution < 1.29 is 24.1 Å². The van der Waals surface area contributed by atoms with Gasteiger partial charge in [0.15, 0.2) is 0 Å². The first-order chi connectivity index (χ1) is 9.36. The number of carbonyl (C=O) groups excluding carboxylic acids is 1. The van der Waals surface area contributed by atoms with Gasteiger partial charge in [0.05, 0.1) is 22.5 Å². The third kappa shape index (κ3) is 3.72. The van der Waals surface area contributed by atoms with Crippen molar-refractivity contribution in [3.8, 4) is 0 Å². The lowest BCUT2D eigenvalue weighted by atomic mass is 10.1. The van der Waals surface area contributed by atoms with Crippen molar-refractivity contribution in [1.29, 1.82) is 0 Å². The minimum atomic E-state index is -0.934. The molecule has 9 nitrogen and oxygen atoms in total. The van der Waals surface area contributed by atoms with Gasteiger partial charge in [-0.15, -0.1) is 0 Å². The molecule has 0 aliphatic heterocycles. The molecule has 0 heterocycles. The molecule has 0 aromatic heterocycles. The molecule has 9 heteroatoms. The monoisotopic (exact) mass is 284 g/mol. The van der Waals surface area contributed by atoms with E-state index in [-0.39, 0.29) is 12.2 Å². The van der Waals surface area contributed by atoms with E-state index in [0.717, 1.165) is 18.2 Å². The van der Waals surface area contributed by atoms with Gasteiger partial charge in [-0.3, -0.25) is 20.2 Å². The highest BCUT2D eigenvalue weighted by Crippen LogP contribution is 2.25. The minimum Gasteiger partial charge on any atom is -0.456 e. The molecule has 0 aliphatic carbocycles. The van der Waals surface area contributed by atoms with Gasteiger partial charge in [0.1, 0.15) is 11.7 Å². The number of esters is 1. The van der Waals surface area contributed by atoms with Crippen molar-refractivity contribution in [2.75, 3.05) is 13.7 Å². The second-order valence-electron chi connectivity index (χ2n) is 3.89. The van der Waals surface area contributed by atoms with E-state index < -0.39 is 33.3 Å². The van der Waals surface area contributed by atoms with Crippen molar-refractivity contribution in [2.24, 2.45) is 0 Å². The predicted octanol–water partition coefficient (Wildman–Crippen LogP) is 1.69. The summed E-state index contributed by atoms with van der Waals surface area (Å²) in [7, 11) is 1.42. The number of hydrogen-bond acceptors (Lipinski definition) is 7. The van der Waals surface area contributed by atoms with Crippen LogP contribution in [-0.4, -0.2) is 35.6 Å². The average molecular weight is 284 g/mol. The summed E-state index contributed by atoms with van der Waals surface area (Å²) in [4.78, 5) is 31.6. The zero-order valence-corrected chi connectivity index (χ0v) is 10.8. The fraction of sp³-hybridized carbons (Fsp3) is 0.364. The lowest BCUT2D eigenvalue weighted by molar-refractivity contribution is -0.394. The second kappa shape index (κ2) is 6.57. The standard InChI is InChI=1S/C11H12N2O7/c1-7(6-19-2)20-11(14)9-4-3-8(12(15)16)5-10(9)13(17)18/h3-5,7H,6H2,1-2H3. The third-order valence-electron chi connectivity index (χ3n) is 2.32. The fourth-order valence-corrected chi connectivity index (χ4v) is 1.47. The molecular formula is C11H12N2O7. The van der Waals surface area contributed by atoms with Crippen LogP contribution in [0.3, 0.4) is 0 Å². The minimum absolute atomic E-state index is 0.131. The van der Waals surface area contributed by atoms with Crippen molar-refractivity contribution in [3.63, 3.8) is 0 Å².